The van der Waals surface area contributed by atoms with Gasteiger partial charge >= 0.3 is 5.97 Å². The number of nitrogens with zero attached hydrogens (tertiary/aromatic N) is 1. The molecule has 2 N–H and O–H groups in total. The molecule has 0 fully saturated rings. The van der Waals surface area contributed by atoms with Crippen LogP contribution >= 0.6 is 0 Å². The van der Waals surface area contributed by atoms with Crippen molar-refractivity contribution in [2.75, 3.05) is 0 Å². The Labute approximate surface area is 124 Å². The van der Waals surface area contributed by atoms with E-state index in [0.29, 0.717) is 24.2 Å². The van der Waals surface area contributed by atoms with Crippen molar-refractivity contribution in [3.05, 3.63) is 52.2 Å². The van der Waals surface area contributed by atoms with Gasteiger partial charge in [0, 0.05) is 6.07 Å². The van der Waals surface area contributed by atoms with Crippen LogP contribution in [0.3, 0.4) is 0 Å². The molecule has 2 aromatic rings. The molecule has 0 radical (unpaired) electrons. The molecule has 114 valence electrons. The molecule has 1 heterocycles. The molecule has 7 heteroatoms. The topological polar surface area (TPSA) is 92.4 Å². The number of carbonyl (C=O) groups excluding carboxylic acids is 1. The largest absolute Gasteiger partial charge is 0.478 e. The van der Waals surface area contributed by atoms with E-state index in [1.165, 1.54) is 18.2 Å². The van der Waals surface area contributed by atoms with Gasteiger partial charge in [0.2, 0.25) is 0 Å². The lowest BCUT2D eigenvalue weighted by atomic mass is 10.0. The first-order valence-electron chi connectivity index (χ1n) is 6.75. The average molecular weight is 304 g/mol. The number of benzene rings is 1. The normalized spacial score (nSPS) is 16.4. The van der Waals surface area contributed by atoms with Crippen molar-refractivity contribution in [1.29, 1.82) is 0 Å². The number of carboxylic acids is 1. The third kappa shape index (κ3) is 2.45. The first kappa shape index (κ1) is 14.2. The monoisotopic (exact) mass is 304 g/mol. The standard InChI is InChI=1S/C15H13FN2O4/c1-7-4-13(18-22-7)14(19)17-12-3-2-8-5-10(15(20)21)11(16)6-9(8)12/h4-6,12H,2-3H2,1H3,(H,17,19)(H,20,21)/t12-/m1/s1. The van der Waals surface area contributed by atoms with Gasteiger partial charge in [-0.25, -0.2) is 9.18 Å². The smallest absolute Gasteiger partial charge is 0.338 e. The molecule has 0 saturated carbocycles. The first-order chi connectivity index (χ1) is 10.5. The van der Waals surface area contributed by atoms with Gasteiger partial charge in [-0.15, -0.1) is 0 Å². The van der Waals surface area contributed by atoms with E-state index in [0.717, 1.165) is 5.56 Å². The van der Waals surface area contributed by atoms with Crippen LogP contribution in [0.4, 0.5) is 4.39 Å². The van der Waals surface area contributed by atoms with E-state index < -0.39 is 17.7 Å². The summed E-state index contributed by atoms with van der Waals surface area (Å²) in [6, 6.07) is 3.67. The summed E-state index contributed by atoms with van der Waals surface area (Å²) < 4.78 is 18.7. The molecule has 0 spiro atoms. The number of nitrogens with one attached hydrogen (secondary N) is 1. The minimum Gasteiger partial charge on any atom is -0.478 e. The molecule has 1 aromatic carbocycles. The Balaban J connectivity index is 1.84. The zero-order valence-corrected chi connectivity index (χ0v) is 11.7. The molecule has 0 aliphatic heterocycles. The molecular weight excluding hydrogens is 291 g/mol. The number of halogens is 1. The number of carboxylic acid groups (broad SMARTS) is 1. The zero-order valence-electron chi connectivity index (χ0n) is 11.7. The third-order valence-corrected chi connectivity index (χ3v) is 3.70. The Kier molecular flexibility index (Phi) is 3.40. The Morgan fingerprint density at radius 1 is 1.41 bits per heavy atom. The van der Waals surface area contributed by atoms with E-state index in [4.69, 9.17) is 9.63 Å². The second kappa shape index (κ2) is 5.25. The molecule has 0 saturated heterocycles. The lowest BCUT2D eigenvalue weighted by molar-refractivity contribution is 0.0691. The summed E-state index contributed by atoms with van der Waals surface area (Å²) >= 11 is 0. The second-order valence-corrected chi connectivity index (χ2v) is 5.22. The van der Waals surface area contributed by atoms with E-state index in [1.54, 1.807) is 6.92 Å². The van der Waals surface area contributed by atoms with Crippen LogP contribution in [-0.4, -0.2) is 22.1 Å². The Bertz CT molecular complexity index is 769. The number of carbonyl (C=O) groups is 2. The van der Waals surface area contributed by atoms with Crippen molar-refractivity contribution in [2.45, 2.75) is 25.8 Å². The quantitative estimate of drug-likeness (QED) is 0.907. The SMILES string of the molecule is Cc1cc(C(=O)N[C@@H]2CCc3cc(C(=O)O)c(F)cc32)no1. The van der Waals surface area contributed by atoms with E-state index in [9.17, 15) is 14.0 Å². The van der Waals surface area contributed by atoms with Crippen molar-refractivity contribution >= 4 is 11.9 Å². The first-order valence-corrected chi connectivity index (χ1v) is 6.75. The lowest BCUT2D eigenvalue weighted by Crippen LogP contribution is -2.27. The highest BCUT2D eigenvalue weighted by molar-refractivity contribution is 5.92. The lowest BCUT2D eigenvalue weighted by Gasteiger charge is -2.13. The van der Waals surface area contributed by atoms with Crippen LogP contribution < -0.4 is 5.32 Å². The summed E-state index contributed by atoms with van der Waals surface area (Å²) in [5, 5.41) is 15.3. The number of aromatic carboxylic acids is 1. The maximum absolute atomic E-state index is 13.8. The van der Waals surface area contributed by atoms with E-state index in [-0.39, 0.29) is 17.3 Å². The minimum atomic E-state index is -1.30. The van der Waals surface area contributed by atoms with Gasteiger partial charge in [0.25, 0.3) is 5.91 Å². The average Bonchev–Trinajstić information content (AvgIpc) is 3.05. The highest BCUT2D eigenvalue weighted by atomic mass is 19.1. The molecule has 1 amide bonds. The maximum atomic E-state index is 13.8. The molecule has 0 unspecified atom stereocenters. The second-order valence-electron chi connectivity index (χ2n) is 5.22. The van der Waals surface area contributed by atoms with Crippen molar-refractivity contribution < 1.29 is 23.6 Å². The number of aryl methyl sites for hydroxylation is 2. The minimum absolute atomic E-state index is 0.161. The van der Waals surface area contributed by atoms with Crippen molar-refractivity contribution in [3.63, 3.8) is 0 Å². The predicted octanol–water partition coefficient (Wildman–Crippen LogP) is 2.24. The molecule has 22 heavy (non-hydrogen) atoms. The number of hydrogen-bond donors (Lipinski definition) is 2. The highest BCUT2D eigenvalue weighted by Gasteiger charge is 2.28. The summed E-state index contributed by atoms with van der Waals surface area (Å²) in [5.41, 5.74) is 1.16. The molecule has 1 atom stereocenters. The van der Waals surface area contributed by atoms with Crippen LogP contribution in [-0.2, 0) is 6.42 Å². The summed E-state index contributed by atoms with van der Waals surface area (Å²) in [6.45, 7) is 1.68. The Morgan fingerprint density at radius 2 is 2.18 bits per heavy atom. The van der Waals surface area contributed by atoms with Gasteiger partial charge in [0.05, 0.1) is 11.6 Å². The van der Waals surface area contributed by atoms with Crippen molar-refractivity contribution in [3.8, 4) is 0 Å². The fraction of sp³-hybridized carbons (Fsp3) is 0.267. The highest BCUT2D eigenvalue weighted by Crippen LogP contribution is 2.33. The fourth-order valence-corrected chi connectivity index (χ4v) is 2.65. The Morgan fingerprint density at radius 3 is 2.82 bits per heavy atom. The van der Waals surface area contributed by atoms with Crippen LogP contribution in [0.15, 0.2) is 22.7 Å². The maximum Gasteiger partial charge on any atom is 0.338 e. The van der Waals surface area contributed by atoms with E-state index >= 15 is 0 Å². The summed E-state index contributed by atoms with van der Waals surface area (Å²) in [5.74, 6) is -1.98. The van der Waals surface area contributed by atoms with Gasteiger partial charge in [-0.2, -0.15) is 0 Å². The van der Waals surface area contributed by atoms with Gasteiger partial charge in [-0.1, -0.05) is 5.16 Å². The molecule has 1 aliphatic rings. The number of amides is 1. The van der Waals surface area contributed by atoms with Crippen LogP contribution in [0.25, 0.3) is 0 Å². The summed E-state index contributed by atoms with van der Waals surface area (Å²) in [4.78, 5) is 23.0. The van der Waals surface area contributed by atoms with Gasteiger partial charge in [0.15, 0.2) is 5.69 Å². The number of rotatable bonds is 3. The van der Waals surface area contributed by atoms with Crippen molar-refractivity contribution in [1.82, 2.24) is 10.5 Å². The molecular formula is C15H13FN2O4. The number of hydrogen-bond acceptors (Lipinski definition) is 4. The van der Waals surface area contributed by atoms with Gasteiger partial charge in [0.1, 0.15) is 11.6 Å². The van der Waals surface area contributed by atoms with Gasteiger partial charge in [-0.3, -0.25) is 4.79 Å². The third-order valence-electron chi connectivity index (χ3n) is 3.70. The fourth-order valence-electron chi connectivity index (χ4n) is 2.65. The molecule has 1 aliphatic carbocycles. The van der Waals surface area contributed by atoms with Crippen LogP contribution in [0.2, 0.25) is 0 Å². The van der Waals surface area contributed by atoms with Gasteiger partial charge < -0.3 is 14.9 Å². The number of aromatic nitrogens is 1. The molecule has 6 nitrogen and oxygen atoms in total. The van der Waals surface area contributed by atoms with Crippen LogP contribution in [0.5, 0.6) is 0 Å². The molecule has 1 aromatic heterocycles. The molecule has 3 rings (SSSR count). The molecule has 0 bridgehead atoms. The summed E-state index contributed by atoms with van der Waals surface area (Å²) in [6.07, 6.45) is 1.17. The van der Waals surface area contributed by atoms with Gasteiger partial charge in [-0.05, 0) is 43.0 Å². The summed E-state index contributed by atoms with van der Waals surface area (Å²) in [7, 11) is 0. The van der Waals surface area contributed by atoms with E-state index in [2.05, 4.69) is 10.5 Å². The number of fused-ring (bicyclic) bond motifs is 1. The predicted molar refractivity (Wildman–Crippen MR) is 73.1 cm³/mol. The van der Waals surface area contributed by atoms with E-state index in [1.807, 2.05) is 0 Å². The zero-order chi connectivity index (χ0) is 15.9. The Hall–Kier alpha value is -2.70. The van der Waals surface area contributed by atoms with Crippen molar-refractivity contribution in [2.24, 2.45) is 0 Å². The van der Waals surface area contributed by atoms with Crippen LogP contribution in [0.1, 0.15) is 50.2 Å². The van der Waals surface area contributed by atoms with Crippen LogP contribution in [0, 0.1) is 12.7 Å².